The van der Waals surface area contributed by atoms with Gasteiger partial charge in [0.2, 0.25) is 0 Å². The van der Waals surface area contributed by atoms with E-state index in [-0.39, 0.29) is 0 Å². The van der Waals surface area contributed by atoms with E-state index in [4.69, 9.17) is 0 Å². The molecule has 0 rings (SSSR count). The maximum Gasteiger partial charge on any atom is 0.122 e. The van der Waals surface area contributed by atoms with Gasteiger partial charge in [0.25, 0.3) is 0 Å². The average Bonchev–Trinajstić information content (AvgIpc) is 2.34. The Morgan fingerprint density at radius 3 is 2.31 bits per heavy atom. The van der Waals surface area contributed by atoms with Crippen LogP contribution in [0.4, 0.5) is 0 Å². The number of allylic oxidation sites excluding steroid dienone is 2. The summed E-state index contributed by atoms with van der Waals surface area (Å²) < 4.78 is 0. The van der Waals surface area contributed by atoms with Gasteiger partial charge in [-0.1, -0.05) is 20.4 Å². The van der Waals surface area contributed by atoms with Crippen LogP contribution < -0.4 is 10.6 Å². The van der Waals surface area contributed by atoms with Gasteiger partial charge in [-0.05, 0) is 19.7 Å². The van der Waals surface area contributed by atoms with Crippen LogP contribution in [-0.2, 0) is 0 Å². The van der Waals surface area contributed by atoms with E-state index in [0.717, 1.165) is 24.5 Å². The first kappa shape index (κ1) is 17.3. The number of nitrogens with one attached hydrogen (secondary N) is 1. The third-order valence-electron chi connectivity index (χ3n) is 2.05. The Morgan fingerprint density at radius 2 is 1.88 bits per heavy atom. The lowest BCUT2D eigenvalue weighted by Crippen LogP contribution is -2.76. The monoisotopic (exact) mass is 226 g/mol. The highest BCUT2D eigenvalue weighted by molar-refractivity contribution is 5.19. The summed E-state index contributed by atoms with van der Waals surface area (Å²) in [5.74, 6) is 0. The van der Waals surface area contributed by atoms with Crippen molar-refractivity contribution in [2.24, 2.45) is 0 Å². The fourth-order valence-corrected chi connectivity index (χ4v) is 0.850. The number of rotatable bonds is 7. The highest BCUT2D eigenvalue weighted by atomic mass is 15.1. The van der Waals surface area contributed by atoms with Gasteiger partial charge < -0.3 is 15.5 Å². The van der Waals surface area contributed by atoms with Crippen molar-refractivity contribution in [2.45, 2.75) is 13.8 Å². The predicted octanol–water partition coefficient (Wildman–Crippen LogP) is 0.941. The van der Waals surface area contributed by atoms with Crippen molar-refractivity contribution in [3.63, 3.8) is 0 Å². The fraction of sp³-hybridized carbons (Fsp3) is 0.538. The van der Waals surface area contributed by atoms with Crippen molar-refractivity contribution in [2.75, 3.05) is 34.2 Å². The molecule has 0 radical (unpaired) electrons. The molecule has 0 amide bonds. The molecular formula is C13H28N3+. The molecule has 3 nitrogen and oxygen atoms in total. The molecule has 0 aromatic rings. The molecule has 0 bridgehead atoms. The Labute approximate surface area is 101 Å². The lowest BCUT2D eigenvalue weighted by atomic mass is 10.3. The molecule has 3 N–H and O–H groups in total. The Bertz CT molecular complexity index is 219. The van der Waals surface area contributed by atoms with Crippen LogP contribution in [0.5, 0.6) is 0 Å². The van der Waals surface area contributed by atoms with Gasteiger partial charge in [-0.25, -0.2) is 0 Å². The van der Waals surface area contributed by atoms with Gasteiger partial charge in [0, 0.05) is 31.9 Å². The number of nitrogens with two attached hydrogens (primary N) is 1. The number of likely N-dealkylation sites (N-methyl/N-ethyl adjacent to an activating group) is 3. The molecule has 0 aliphatic carbocycles. The summed E-state index contributed by atoms with van der Waals surface area (Å²) in [4.78, 5) is 2.11. The molecule has 0 aliphatic rings. The summed E-state index contributed by atoms with van der Waals surface area (Å²) in [7, 11) is 5.95. The van der Waals surface area contributed by atoms with Crippen molar-refractivity contribution in [3.8, 4) is 0 Å². The summed E-state index contributed by atoms with van der Waals surface area (Å²) in [6.45, 7) is 13.7. The van der Waals surface area contributed by atoms with Crippen LogP contribution >= 0.6 is 0 Å². The smallest absolute Gasteiger partial charge is 0.122 e. The highest BCUT2D eigenvalue weighted by Crippen LogP contribution is 1.99. The predicted molar refractivity (Wildman–Crippen MR) is 73.2 cm³/mol. The van der Waals surface area contributed by atoms with Gasteiger partial charge in [-0.15, -0.1) is 0 Å². The molecule has 16 heavy (non-hydrogen) atoms. The zero-order valence-electron chi connectivity index (χ0n) is 11.5. The van der Waals surface area contributed by atoms with E-state index in [1.165, 1.54) is 0 Å². The Morgan fingerprint density at radius 1 is 1.31 bits per heavy atom. The molecular weight excluding hydrogens is 198 g/mol. The quantitative estimate of drug-likeness (QED) is 0.633. The summed E-state index contributed by atoms with van der Waals surface area (Å²) >= 11 is 0. The first-order valence-electron chi connectivity index (χ1n) is 5.82. The molecule has 3 heteroatoms. The average molecular weight is 226 g/mol. The van der Waals surface area contributed by atoms with Crippen molar-refractivity contribution >= 4 is 0 Å². The molecule has 0 aliphatic heterocycles. The van der Waals surface area contributed by atoms with Crippen LogP contribution in [0, 0.1) is 0 Å². The highest BCUT2D eigenvalue weighted by Gasteiger charge is 1.97. The summed E-state index contributed by atoms with van der Waals surface area (Å²) in [5, 5.41) is 5.07. The van der Waals surface area contributed by atoms with E-state index < -0.39 is 0 Å². The van der Waals surface area contributed by atoms with E-state index in [1.54, 1.807) is 0 Å². The van der Waals surface area contributed by atoms with Gasteiger partial charge in [-0.2, -0.15) is 0 Å². The van der Waals surface area contributed by atoms with Crippen LogP contribution in [0.2, 0.25) is 0 Å². The fourth-order valence-electron chi connectivity index (χ4n) is 0.850. The van der Waals surface area contributed by atoms with Crippen LogP contribution in [0.3, 0.4) is 0 Å². The van der Waals surface area contributed by atoms with Crippen molar-refractivity contribution in [1.82, 2.24) is 10.2 Å². The number of hydrogen-bond donors (Lipinski definition) is 2. The largest absolute Gasteiger partial charge is 0.374 e. The molecule has 94 valence electrons. The molecule has 0 aromatic carbocycles. The zero-order chi connectivity index (χ0) is 13.0. The molecule has 0 heterocycles. The zero-order valence-corrected chi connectivity index (χ0v) is 11.5. The number of hydrogen-bond acceptors (Lipinski definition) is 2. The van der Waals surface area contributed by atoms with E-state index in [9.17, 15) is 0 Å². The van der Waals surface area contributed by atoms with Crippen LogP contribution in [-0.4, -0.2) is 39.1 Å². The second kappa shape index (κ2) is 12.0. The lowest BCUT2D eigenvalue weighted by molar-refractivity contribution is -0.570. The van der Waals surface area contributed by atoms with E-state index in [2.05, 4.69) is 23.4 Å². The van der Waals surface area contributed by atoms with Gasteiger partial charge in [-0.3, -0.25) is 0 Å². The minimum absolute atomic E-state index is 0.960. The van der Waals surface area contributed by atoms with Crippen molar-refractivity contribution in [1.29, 1.82) is 0 Å². The maximum atomic E-state index is 3.97. The third-order valence-corrected chi connectivity index (χ3v) is 2.05. The summed E-state index contributed by atoms with van der Waals surface area (Å²) in [6, 6.07) is 0. The van der Waals surface area contributed by atoms with E-state index in [1.807, 2.05) is 52.5 Å². The molecule has 0 fully saturated rings. The van der Waals surface area contributed by atoms with Crippen LogP contribution in [0.25, 0.3) is 0 Å². The molecule has 0 aromatic heterocycles. The third kappa shape index (κ3) is 9.49. The summed E-state index contributed by atoms with van der Waals surface area (Å²) in [5.41, 5.74) is 2.01. The molecule has 0 unspecified atom stereocenters. The van der Waals surface area contributed by atoms with Gasteiger partial charge in [0.1, 0.15) is 5.70 Å². The first-order chi connectivity index (χ1) is 7.61. The molecule has 0 atom stereocenters. The normalized spacial score (nSPS) is 9.56. The lowest BCUT2D eigenvalue weighted by Gasteiger charge is -2.18. The second-order valence-corrected chi connectivity index (χ2v) is 3.21. The van der Waals surface area contributed by atoms with Gasteiger partial charge in [0.15, 0.2) is 0 Å². The van der Waals surface area contributed by atoms with Crippen molar-refractivity contribution < 1.29 is 5.32 Å². The molecule has 0 spiro atoms. The van der Waals surface area contributed by atoms with Crippen molar-refractivity contribution in [3.05, 3.63) is 36.7 Å². The van der Waals surface area contributed by atoms with Gasteiger partial charge in [0.05, 0.1) is 7.05 Å². The SMILES string of the molecule is C=C(/C=C\C(=C)N(C)CCNC)[NH2+]C.CC. The second-order valence-electron chi connectivity index (χ2n) is 3.21. The Hall–Kier alpha value is -1.06. The van der Waals surface area contributed by atoms with Crippen LogP contribution in [0.15, 0.2) is 36.7 Å². The standard InChI is InChI=1S/C11H21N3.C2H6/c1-10(13-4)6-7-11(2)14(5)9-8-12-3;1-2/h6-7,12-13H,1-2,8-9H2,3-5H3;1-2H3/p+1/b7-6-;. The Balaban J connectivity index is 0. The maximum absolute atomic E-state index is 3.97. The van der Waals surface area contributed by atoms with E-state index in [0.29, 0.717) is 0 Å². The minimum atomic E-state index is 0.960. The Kier molecular flexibility index (Phi) is 13.0. The topological polar surface area (TPSA) is 31.9 Å². The van der Waals surface area contributed by atoms with E-state index >= 15 is 0 Å². The molecule has 0 saturated heterocycles. The van der Waals surface area contributed by atoms with Gasteiger partial charge >= 0.3 is 0 Å². The minimum Gasteiger partial charge on any atom is -0.374 e. The van der Waals surface area contributed by atoms with Crippen LogP contribution in [0.1, 0.15) is 13.8 Å². The number of quaternary nitrogens is 1. The molecule has 0 saturated carbocycles. The number of nitrogens with zero attached hydrogens (tertiary/aromatic N) is 1. The first-order valence-corrected chi connectivity index (χ1v) is 5.82. The summed E-state index contributed by atoms with van der Waals surface area (Å²) in [6.07, 6.45) is 3.95.